The number of benzene rings is 1. The Balaban J connectivity index is 0.997. The normalized spacial score (nSPS) is 18.2. The van der Waals surface area contributed by atoms with Gasteiger partial charge in [-0.2, -0.15) is 5.10 Å². The van der Waals surface area contributed by atoms with Crippen LogP contribution in [0.2, 0.25) is 0 Å². The van der Waals surface area contributed by atoms with Gasteiger partial charge in [0.15, 0.2) is 0 Å². The second kappa shape index (κ2) is 12.6. The molecule has 0 spiro atoms. The van der Waals surface area contributed by atoms with Crippen molar-refractivity contribution in [1.82, 2.24) is 34.2 Å². The maximum atomic E-state index is 12.9. The number of likely N-dealkylation sites (tertiary alicyclic amines) is 1. The molecule has 2 saturated heterocycles. The summed E-state index contributed by atoms with van der Waals surface area (Å²) < 4.78 is 22.9. The minimum atomic E-state index is -0.438. The van der Waals surface area contributed by atoms with Crippen LogP contribution in [0.5, 0.6) is 0 Å². The predicted molar refractivity (Wildman–Crippen MR) is 175 cm³/mol. The Labute approximate surface area is 264 Å². The van der Waals surface area contributed by atoms with Gasteiger partial charge in [-0.3, -0.25) is 19.5 Å². The zero-order valence-corrected chi connectivity index (χ0v) is 26.8. The third kappa shape index (κ3) is 6.51. The van der Waals surface area contributed by atoms with Crippen LogP contribution in [0, 0.1) is 0 Å². The van der Waals surface area contributed by atoms with E-state index in [0.717, 1.165) is 98.5 Å². The highest BCUT2D eigenvalue weighted by Gasteiger charge is 2.26. The molecular weight excluding hydrogens is 565 g/mol. The molecule has 6 heterocycles. The van der Waals surface area contributed by atoms with E-state index in [1.54, 1.807) is 10.9 Å². The van der Waals surface area contributed by atoms with E-state index >= 15 is 0 Å². The summed E-state index contributed by atoms with van der Waals surface area (Å²) in [5.41, 5.74) is 8.85. The molecule has 0 amide bonds. The first-order valence-corrected chi connectivity index (χ1v) is 16.5. The van der Waals surface area contributed by atoms with Gasteiger partial charge in [-0.25, -0.2) is 9.37 Å². The van der Waals surface area contributed by atoms with E-state index in [-0.39, 0.29) is 18.1 Å². The summed E-state index contributed by atoms with van der Waals surface area (Å²) in [5, 5.41) is 4.27. The van der Waals surface area contributed by atoms with Crippen molar-refractivity contribution in [3.63, 3.8) is 0 Å². The summed E-state index contributed by atoms with van der Waals surface area (Å²) in [4.78, 5) is 17.3. The fourth-order valence-corrected chi connectivity index (χ4v) is 6.71. The maximum Gasteiger partial charge on any atom is 0.124 e. The van der Waals surface area contributed by atoms with Crippen molar-refractivity contribution >= 4 is 22.1 Å². The van der Waals surface area contributed by atoms with Gasteiger partial charge in [0.1, 0.15) is 18.0 Å². The number of aryl methyl sites for hydroxylation is 3. The third-order valence-corrected chi connectivity index (χ3v) is 9.59. The Morgan fingerprint density at radius 1 is 0.933 bits per heavy atom. The average molecular weight is 610 g/mol. The first-order chi connectivity index (χ1) is 21.8. The van der Waals surface area contributed by atoms with Crippen LogP contribution in [0.1, 0.15) is 74.3 Å². The molecule has 0 saturated carbocycles. The number of hydrogen-bond donors (Lipinski definition) is 0. The van der Waals surface area contributed by atoms with Gasteiger partial charge in [-0.15, -0.1) is 0 Å². The number of hydrogen-bond acceptors (Lipinski definition) is 6. The Hall–Kier alpha value is -3.69. The molecule has 2 fully saturated rings. The lowest BCUT2D eigenvalue weighted by Gasteiger charge is -2.32. The number of pyridine rings is 2. The SMILES string of the molecule is CC(C)(C)c1ccc2nc(CN3CCC(c4cccc(CCc5cnc6cnn(CCF)c6c5)n4)CC3)n(CC3CCO3)c2c1. The maximum absolute atomic E-state index is 12.9. The van der Waals surface area contributed by atoms with Gasteiger partial charge in [-0.05, 0) is 92.1 Å². The zero-order valence-electron chi connectivity index (χ0n) is 26.8. The van der Waals surface area contributed by atoms with Crippen molar-refractivity contribution in [2.45, 2.75) is 89.9 Å². The summed E-state index contributed by atoms with van der Waals surface area (Å²) in [5.74, 6) is 1.61. The predicted octanol–water partition coefficient (Wildman–Crippen LogP) is 6.40. The van der Waals surface area contributed by atoms with Crippen molar-refractivity contribution in [1.29, 1.82) is 0 Å². The standard InChI is InChI=1S/C36H44FN7O/c1-36(2,3)27-8-10-31-33(20-27)43(23-29-13-18-45-29)35(41-31)24-42-15-11-26(12-16-42)30-6-4-5-28(40-30)9-7-25-19-34-32(38-21-25)22-39-44(34)17-14-37/h4-6,8,10,19-22,26,29H,7,9,11-18,23-24H2,1-3H3. The molecule has 0 N–H and O–H groups in total. The molecular formula is C36H44FN7O. The van der Waals surface area contributed by atoms with Crippen molar-refractivity contribution in [2.24, 2.45) is 0 Å². The molecule has 1 aromatic carbocycles. The Morgan fingerprint density at radius 2 is 1.78 bits per heavy atom. The number of fused-ring (bicyclic) bond motifs is 2. The molecule has 0 aliphatic carbocycles. The molecule has 2 aliphatic heterocycles. The van der Waals surface area contributed by atoms with E-state index in [0.29, 0.717) is 5.92 Å². The largest absolute Gasteiger partial charge is 0.376 e. The first-order valence-electron chi connectivity index (χ1n) is 16.5. The van der Waals surface area contributed by atoms with E-state index in [4.69, 9.17) is 14.7 Å². The van der Waals surface area contributed by atoms with Crippen LogP contribution in [0.15, 0.2) is 54.9 Å². The minimum absolute atomic E-state index is 0.0939. The summed E-state index contributed by atoms with van der Waals surface area (Å²) in [7, 11) is 0. The van der Waals surface area contributed by atoms with Crippen LogP contribution in [-0.4, -0.2) is 66.7 Å². The Kier molecular flexibility index (Phi) is 8.40. The van der Waals surface area contributed by atoms with Crippen LogP contribution < -0.4 is 0 Å². The second-order valence-corrected chi connectivity index (χ2v) is 13.8. The zero-order chi connectivity index (χ0) is 31.0. The van der Waals surface area contributed by atoms with Gasteiger partial charge in [-0.1, -0.05) is 32.9 Å². The van der Waals surface area contributed by atoms with Crippen LogP contribution >= 0.6 is 0 Å². The van der Waals surface area contributed by atoms with Crippen LogP contribution in [0.25, 0.3) is 22.1 Å². The molecule has 9 heteroatoms. The minimum Gasteiger partial charge on any atom is -0.376 e. The highest BCUT2D eigenvalue weighted by Crippen LogP contribution is 2.31. The lowest BCUT2D eigenvalue weighted by atomic mass is 9.87. The molecule has 8 nitrogen and oxygen atoms in total. The fraction of sp³-hybridized carbons (Fsp3) is 0.500. The highest BCUT2D eigenvalue weighted by atomic mass is 19.1. The molecule has 1 atom stereocenters. The Morgan fingerprint density at radius 3 is 2.53 bits per heavy atom. The first kappa shape index (κ1) is 30.0. The van der Waals surface area contributed by atoms with E-state index in [1.165, 1.54) is 16.8 Å². The summed E-state index contributed by atoms with van der Waals surface area (Å²) in [6, 6.07) is 15.3. The lowest BCUT2D eigenvalue weighted by Crippen LogP contribution is -2.35. The number of aromatic nitrogens is 6. The van der Waals surface area contributed by atoms with E-state index < -0.39 is 6.67 Å². The van der Waals surface area contributed by atoms with Crippen molar-refractivity contribution in [3.8, 4) is 0 Å². The molecule has 0 bridgehead atoms. The molecule has 1 unspecified atom stereocenters. The summed E-state index contributed by atoms with van der Waals surface area (Å²) >= 11 is 0. The molecule has 5 aromatic rings. The van der Waals surface area contributed by atoms with E-state index in [9.17, 15) is 4.39 Å². The van der Waals surface area contributed by atoms with E-state index in [2.05, 4.69) is 82.8 Å². The monoisotopic (exact) mass is 609 g/mol. The fourth-order valence-electron chi connectivity index (χ4n) is 6.71. The van der Waals surface area contributed by atoms with Crippen molar-refractivity contribution < 1.29 is 9.13 Å². The Bertz CT molecular complexity index is 1780. The second-order valence-electron chi connectivity index (χ2n) is 13.8. The van der Waals surface area contributed by atoms with Crippen molar-refractivity contribution in [3.05, 3.63) is 83.2 Å². The smallest absolute Gasteiger partial charge is 0.124 e. The molecule has 0 radical (unpaired) electrons. The van der Waals surface area contributed by atoms with Crippen LogP contribution in [0.3, 0.4) is 0 Å². The number of alkyl halides is 1. The third-order valence-electron chi connectivity index (χ3n) is 9.59. The number of nitrogens with zero attached hydrogens (tertiary/aromatic N) is 7. The van der Waals surface area contributed by atoms with Gasteiger partial charge in [0.2, 0.25) is 0 Å². The lowest BCUT2D eigenvalue weighted by molar-refractivity contribution is -0.0592. The summed E-state index contributed by atoms with van der Waals surface area (Å²) in [6.07, 6.45) is 8.87. The molecule has 236 valence electrons. The topological polar surface area (TPSA) is 73.9 Å². The number of imidazole rings is 1. The number of ether oxygens (including phenoxy) is 1. The quantitative estimate of drug-likeness (QED) is 0.183. The van der Waals surface area contributed by atoms with Crippen LogP contribution in [-0.2, 0) is 42.6 Å². The molecule has 2 aliphatic rings. The molecule has 7 rings (SSSR count). The number of rotatable bonds is 10. The van der Waals surface area contributed by atoms with Crippen molar-refractivity contribution in [2.75, 3.05) is 26.4 Å². The van der Waals surface area contributed by atoms with Gasteiger partial charge < -0.3 is 9.30 Å². The van der Waals surface area contributed by atoms with E-state index in [1.807, 2.05) is 6.20 Å². The van der Waals surface area contributed by atoms with Gasteiger partial charge in [0, 0.05) is 30.1 Å². The number of halogens is 1. The van der Waals surface area contributed by atoms with Gasteiger partial charge in [0.25, 0.3) is 0 Å². The van der Waals surface area contributed by atoms with Gasteiger partial charge >= 0.3 is 0 Å². The number of piperidine rings is 1. The molecule has 4 aromatic heterocycles. The van der Waals surface area contributed by atoms with Gasteiger partial charge in [0.05, 0.1) is 48.5 Å². The summed E-state index contributed by atoms with van der Waals surface area (Å²) in [6.45, 7) is 11.3. The van der Waals surface area contributed by atoms with Crippen LogP contribution in [0.4, 0.5) is 4.39 Å². The molecule has 45 heavy (non-hydrogen) atoms. The average Bonchev–Trinajstić information content (AvgIpc) is 3.58. The highest BCUT2D eigenvalue weighted by molar-refractivity contribution is 5.77.